The molecular formula is C16H28N4. The third-order valence-corrected chi connectivity index (χ3v) is 3.46. The van der Waals surface area contributed by atoms with Crippen LogP contribution in [-0.4, -0.2) is 34.0 Å². The standard InChI is InChI=1S/C16H28N4/c1-5-8-17-15-9-13(4)18-16(19-15)11-20(10-12(2)3)14-6-7-14/h9,12,14H,5-8,10-11H2,1-4H3,(H,17,18,19). The molecule has 1 heterocycles. The lowest BCUT2D eigenvalue weighted by atomic mass is 10.2. The Balaban J connectivity index is 2.04. The van der Waals surface area contributed by atoms with Crippen molar-refractivity contribution < 1.29 is 0 Å². The van der Waals surface area contributed by atoms with Gasteiger partial charge in [0.2, 0.25) is 0 Å². The molecule has 0 atom stereocenters. The van der Waals surface area contributed by atoms with E-state index in [4.69, 9.17) is 0 Å². The lowest BCUT2D eigenvalue weighted by molar-refractivity contribution is 0.220. The highest BCUT2D eigenvalue weighted by molar-refractivity contribution is 5.35. The van der Waals surface area contributed by atoms with Crippen molar-refractivity contribution in [1.82, 2.24) is 14.9 Å². The molecular weight excluding hydrogens is 248 g/mol. The van der Waals surface area contributed by atoms with Gasteiger partial charge < -0.3 is 5.32 Å². The normalized spacial score (nSPS) is 15.1. The van der Waals surface area contributed by atoms with Crippen LogP contribution in [0.25, 0.3) is 0 Å². The van der Waals surface area contributed by atoms with Gasteiger partial charge in [0.25, 0.3) is 0 Å². The molecule has 1 aromatic rings. The molecule has 0 unspecified atom stereocenters. The molecule has 0 amide bonds. The first-order valence-electron chi connectivity index (χ1n) is 7.91. The Bertz CT molecular complexity index is 426. The van der Waals surface area contributed by atoms with Crippen LogP contribution in [0.5, 0.6) is 0 Å². The Morgan fingerprint density at radius 3 is 2.70 bits per heavy atom. The molecule has 4 heteroatoms. The fourth-order valence-electron chi connectivity index (χ4n) is 2.48. The molecule has 0 spiro atoms. The number of hydrogen-bond donors (Lipinski definition) is 1. The first kappa shape index (κ1) is 15.2. The Morgan fingerprint density at radius 1 is 1.35 bits per heavy atom. The summed E-state index contributed by atoms with van der Waals surface area (Å²) < 4.78 is 0. The van der Waals surface area contributed by atoms with Crippen molar-refractivity contribution in [3.05, 3.63) is 17.6 Å². The predicted octanol–water partition coefficient (Wildman–Crippen LogP) is 3.23. The number of rotatable bonds is 8. The summed E-state index contributed by atoms with van der Waals surface area (Å²) in [5.41, 5.74) is 1.05. The van der Waals surface area contributed by atoms with Gasteiger partial charge in [0.05, 0.1) is 6.54 Å². The van der Waals surface area contributed by atoms with Gasteiger partial charge in [-0.2, -0.15) is 0 Å². The van der Waals surface area contributed by atoms with Crippen molar-refractivity contribution in [3.63, 3.8) is 0 Å². The van der Waals surface area contributed by atoms with E-state index < -0.39 is 0 Å². The van der Waals surface area contributed by atoms with Crippen LogP contribution in [-0.2, 0) is 6.54 Å². The number of anilines is 1. The molecule has 0 radical (unpaired) electrons. The first-order chi connectivity index (χ1) is 9.58. The molecule has 1 fully saturated rings. The largest absolute Gasteiger partial charge is 0.370 e. The topological polar surface area (TPSA) is 41.1 Å². The maximum atomic E-state index is 4.66. The molecule has 1 N–H and O–H groups in total. The van der Waals surface area contributed by atoms with Crippen LogP contribution in [0.15, 0.2) is 6.07 Å². The van der Waals surface area contributed by atoms with E-state index in [1.807, 2.05) is 13.0 Å². The average molecular weight is 276 g/mol. The summed E-state index contributed by atoms with van der Waals surface area (Å²) in [5.74, 6) is 2.61. The van der Waals surface area contributed by atoms with Crippen molar-refractivity contribution in [1.29, 1.82) is 0 Å². The molecule has 4 nitrogen and oxygen atoms in total. The second kappa shape index (κ2) is 7.02. The summed E-state index contributed by atoms with van der Waals surface area (Å²) in [5, 5.41) is 3.36. The molecule has 1 aliphatic rings. The Morgan fingerprint density at radius 2 is 2.10 bits per heavy atom. The summed E-state index contributed by atoms with van der Waals surface area (Å²) >= 11 is 0. The maximum Gasteiger partial charge on any atom is 0.144 e. The number of nitrogens with zero attached hydrogens (tertiary/aromatic N) is 3. The number of nitrogens with one attached hydrogen (secondary N) is 1. The van der Waals surface area contributed by atoms with Crippen molar-refractivity contribution in [2.45, 2.75) is 59.5 Å². The molecule has 0 bridgehead atoms. The molecule has 112 valence electrons. The Labute approximate surface area is 123 Å². The fraction of sp³-hybridized carbons (Fsp3) is 0.750. The highest BCUT2D eigenvalue weighted by Crippen LogP contribution is 2.28. The second-order valence-corrected chi connectivity index (χ2v) is 6.29. The molecule has 1 saturated carbocycles. The van der Waals surface area contributed by atoms with Crippen molar-refractivity contribution in [2.75, 3.05) is 18.4 Å². The third-order valence-electron chi connectivity index (χ3n) is 3.46. The molecule has 1 aromatic heterocycles. The minimum Gasteiger partial charge on any atom is -0.370 e. The summed E-state index contributed by atoms with van der Waals surface area (Å²) in [6, 6.07) is 2.79. The van der Waals surface area contributed by atoms with E-state index in [1.54, 1.807) is 0 Å². The van der Waals surface area contributed by atoms with Crippen LogP contribution in [0.1, 0.15) is 51.6 Å². The molecule has 2 rings (SSSR count). The molecule has 0 saturated heterocycles. The van der Waals surface area contributed by atoms with Crippen LogP contribution in [0.3, 0.4) is 0 Å². The van der Waals surface area contributed by atoms with Gasteiger partial charge in [0.1, 0.15) is 11.6 Å². The smallest absolute Gasteiger partial charge is 0.144 e. The lowest BCUT2D eigenvalue weighted by Gasteiger charge is -2.23. The highest BCUT2D eigenvalue weighted by Gasteiger charge is 2.29. The van der Waals surface area contributed by atoms with Gasteiger partial charge in [0.15, 0.2) is 0 Å². The van der Waals surface area contributed by atoms with Crippen molar-refractivity contribution >= 4 is 5.82 Å². The van der Waals surface area contributed by atoms with Gasteiger partial charge in [-0.05, 0) is 32.1 Å². The zero-order valence-electron chi connectivity index (χ0n) is 13.3. The Hall–Kier alpha value is -1.16. The molecule has 1 aliphatic carbocycles. The van der Waals surface area contributed by atoms with E-state index in [0.29, 0.717) is 5.92 Å². The molecule has 0 aromatic carbocycles. The summed E-state index contributed by atoms with van der Waals surface area (Å²) in [7, 11) is 0. The Kier molecular flexibility index (Phi) is 5.35. The van der Waals surface area contributed by atoms with E-state index in [0.717, 1.165) is 49.4 Å². The van der Waals surface area contributed by atoms with Crippen LogP contribution < -0.4 is 5.32 Å². The van der Waals surface area contributed by atoms with Gasteiger partial charge in [-0.3, -0.25) is 4.90 Å². The van der Waals surface area contributed by atoms with E-state index in [-0.39, 0.29) is 0 Å². The van der Waals surface area contributed by atoms with E-state index in [2.05, 4.69) is 41.0 Å². The van der Waals surface area contributed by atoms with E-state index in [1.165, 1.54) is 12.8 Å². The SMILES string of the molecule is CCCNc1cc(C)nc(CN(CC(C)C)C2CC2)n1. The predicted molar refractivity (Wildman–Crippen MR) is 83.8 cm³/mol. The summed E-state index contributed by atoms with van der Waals surface area (Å²) in [6.07, 6.45) is 3.78. The zero-order chi connectivity index (χ0) is 14.5. The quantitative estimate of drug-likeness (QED) is 0.791. The third kappa shape index (κ3) is 4.75. The monoisotopic (exact) mass is 276 g/mol. The minimum atomic E-state index is 0.693. The molecule has 20 heavy (non-hydrogen) atoms. The fourth-order valence-corrected chi connectivity index (χ4v) is 2.48. The summed E-state index contributed by atoms with van der Waals surface area (Å²) in [4.78, 5) is 11.8. The maximum absolute atomic E-state index is 4.66. The number of hydrogen-bond acceptors (Lipinski definition) is 4. The summed E-state index contributed by atoms with van der Waals surface area (Å²) in [6.45, 7) is 11.8. The molecule has 0 aliphatic heterocycles. The lowest BCUT2D eigenvalue weighted by Crippen LogP contribution is -2.30. The van der Waals surface area contributed by atoms with Crippen LogP contribution in [0, 0.1) is 12.8 Å². The first-order valence-corrected chi connectivity index (χ1v) is 7.91. The van der Waals surface area contributed by atoms with Gasteiger partial charge >= 0.3 is 0 Å². The van der Waals surface area contributed by atoms with Crippen LogP contribution >= 0.6 is 0 Å². The number of aromatic nitrogens is 2. The van der Waals surface area contributed by atoms with Gasteiger partial charge in [-0.15, -0.1) is 0 Å². The van der Waals surface area contributed by atoms with Crippen molar-refractivity contribution in [3.8, 4) is 0 Å². The van der Waals surface area contributed by atoms with E-state index >= 15 is 0 Å². The van der Waals surface area contributed by atoms with E-state index in [9.17, 15) is 0 Å². The number of aryl methyl sites for hydroxylation is 1. The van der Waals surface area contributed by atoms with Gasteiger partial charge in [-0.25, -0.2) is 9.97 Å². The zero-order valence-corrected chi connectivity index (χ0v) is 13.3. The minimum absolute atomic E-state index is 0.693. The highest BCUT2D eigenvalue weighted by atomic mass is 15.2. The van der Waals surface area contributed by atoms with Crippen molar-refractivity contribution in [2.24, 2.45) is 5.92 Å². The van der Waals surface area contributed by atoms with Gasteiger partial charge in [-0.1, -0.05) is 20.8 Å². The van der Waals surface area contributed by atoms with Crippen LogP contribution in [0.2, 0.25) is 0 Å². The van der Waals surface area contributed by atoms with Crippen LogP contribution in [0.4, 0.5) is 5.82 Å². The average Bonchev–Trinajstić information content (AvgIpc) is 3.18. The van der Waals surface area contributed by atoms with Gasteiger partial charge in [0, 0.05) is 30.9 Å². The second-order valence-electron chi connectivity index (χ2n) is 6.29.